The molecule has 0 saturated heterocycles. The van der Waals surface area contributed by atoms with E-state index in [0.29, 0.717) is 6.54 Å². The predicted octanol–water partition coefficient (Wildman–Crippen LogP) is 4.55. The molecule has 0 aromatic rings. The molecule has 7 heteroatoms. The molecule has 0 aliphatic rings. The second-order valence-corrected chi connectivity index (χ2v) is 10.3. The van der Waals surface area contributed by atoms with E-state index < -0.39 is 16.0 Å². The van der Waals surface area contributed by atoms with Crippen molar-refractivity contribution in [3.8, 4) is 0 Å². The second-order valence-electron chi connectivity index (χ2n) is 8.95. The van der Waals surface area contributed by atoms with E-state index in [2.05, 4.69) is 6.92 Å². The Morgan fingerprint density at radius 1 is 0.600 bits per heavy atom. The molecule has 0 aromatic heterocycles. The summed E-state index contributed by atoms with van der Waals surface area (Å²) in [6.07, 6.45) is 20.4. The highest BCUT2D eigenvalue weighted by Crippen LogP contribution is 2.16. The summed E-state index contributed by atoms with van der Waals surface area (Å²) in [4.78, 5) is 0. The lowest BCUT2D eigenvalue weighted by Gasteiger charge is -2.38. The van der Waals surface area contributed by atoms with Crippen LogP contribution in [-0.2, 0) is 10.1 Å². The zero-order valence-electron chi connectivity index (χ0n) is 19.5. The van der Waals surface area contributed by atoms with Crippen LogP contribution in [0.25, 0.3) is 0 Å². The Balaban J connectivity index is 3.70. The predicted molar refractivity (Wildman–Crippen MR) is 123 cm³/mol. The van der Waals surface area contributed by atoms with Crippen LogP contribution in [0.2, 0.25) is 0 Å². The Hall–Kier alpha value is -0.210. The molecule has 0 saturated carbocycles. The van der Waals surface area contributed by atoms with E-state index in [1.807, 2.05) is 0 Å². The molecule has 0 aliphatic carbocycles. The van der Waals surface area contributed by atoms with Crippen molar-refractivity contribution in [2.75, 3.05) is 38.7 Å². The third kappa shape index (κ3) is 18.6. The van der Waals surface area contributed by atoms with E-state index in [9.17, 15) is 23.2 Å². The SMILES string of the molecule is CCCCCCCCCCCCCCCCCC[N+](CCO)(CCO)CS(=O)(=O)[O-]. The first-order valence-electron chi connectivity index (χ1n) is 12.4. The normalized spacial score (nSPS) is 12.5. The fraction of sp³-hybridized carbons (Fsp3) is 1.00. The highest BCUT2D eigenvalue weighted by molar-refractivity contribution is 7.85. The van der Waals surface area contributed by atoms with Crippen LogP contribution in [0.1, 0.15) is 110 Å². The lowest BCUT2D eigenvalue weighted by atomic mass is 10.0. The standard InChI is InChI=1S/C23H49NO5S/c1-2-3-4-5-6-7-8-9-10-11-12-13-14-15-16-17-18-24(19-21-25,20-22-26)23-30(27,28)29/h25-26H,2-23H2,1H3. The molecule has 0 rings (SSSR count). The van der Waals surface area contributed by atoms with Crippen molar-refractivity contribution in [3.05, 3.63) is 0 Å². The number of quaternary nitrogens is 1. The molecule has 0 bridgehead atoms. The lowest BCUT2D eigenvalue weighted by Crippen LogP contribution is -2.54. The first kappa shape index (κ1) is 29.8. The van der Waals surface area contributed by atoms with Crippen LogP contribution < -0.4 is 0 Å². The fourth-order valence-electron chi connectivity index (χ4n) is 4.28. The minimum absolute atomic E-state index is 0.0303. The van der Waals surface area contributed by atoms with Crippen molar-refractivity contribution < 1.29 is 27.7 Å². The Bertz CT molecular complexity index is 464. The molecule has 0 fully saturated rings. The van der Waals surface area contributed by atoms with Gasteiger partial charge in [0.25, 0.3) is 0 Å². The average molecular weight is 452 g/mol. The summed E-state index contributed by atoms with van der Waals surface area (Å²) in [5, 5.41) is 18.5. The van der Waals surface area contributed by atoms with Gasteiger partial charge in [-0.2, -0.15) is 0 Å². The number of rotatable bonds is 23. The molecule has 30 heavy (non-hydrogen) atoms. The van der Waals surface area contributed by atoms with Crippen molar-refractivity contribution in [2.45, 2.75) is 110 Å². The Morgan fingerprint density at radius 2 is 0.933 bits per heavy atom. The van der Waals surface area contributed by atoms with Gasteiger partial charge >= 0.3 is 0 Å². The lowest BCUT2D eigenvalue weighted by molar-refractivity contribution is -0.918. The smallest absolute Gasteiger partial charge is 0.169 e. The highest BCUT2D eigenvalue weighted by atomic mass is 32.2. The largest absolute Gasteiger partial charge is 0.744 e. The van der Waals surface area contributed by atoms with Gasteiger partial charge in [0.15, 0.2) is 5.88 Å². The molecule has 0 unspecified atom stereocenters. The molecular formula is C23H49NO5S. The number of aliphatic hydroxyl groups is 2. The van der Waals surface area contributed by atoms with Crippen LogP contribution >= 0.6 is 0 Å². The third-order valence-corrected chi connectivity index (χ3v) is 6.93. The van der Waals surface area contributed by atoms with Gasteiger partial charge in [-0.15, -0.1) is 0 Å². The van der Waals surface area contributed by atoms with Gasteiger partial charge in [-0.05, 0) is 12.8 Å². The maximum absolute atomic E-state index is 11.2. The van der Waals surface area contributed by atoms with Gasteiger partial charge in [-0.1, -0.05) is 96.8 Å². The number of hydrogen-bond donors (Lipinski definition) is 2. The molecular weight excluding hydrogens is 402 g/mol. The first-order valence-corrected chi connectivity index (χ1v) is 14.0. The summed E-state index contributed by atoms with van der Waals surface area (Å²) in [5.41, 5.74) is 0. The van der Waals surface area contributed by atoms with Crippen LogP contribution in [0.5, 0.6) is 0 Å². The van der Waals surface area contributed by atoms with Gasteiger partial charge < -0.3 is 19.2 Å². The molecule has 0 aromatic carbocycles. The number of aliphatic hydroxyl groups excluding tert-OH is 2. The molecule has 0 atom stereocenters. The number of unbranched alkanes of at least 4 members (excludes halogenated alkanes) is 15. The Morgan fingerprint density at radius 3 is 1.23 bits per heavy atom. The average Bonchev–Trinajstić information content (AvgIpc) is 2.67. The molecule has 0 spiro atoms. The minimum atomic E-state index is -4.40. The van der Waals surface area contributed by atoms with E-state index >= 15 is 0 Å². The summed E-state index contributed by atoms with van der Waals surface area (Å²) in [5.74, 6) is -0.549. The molecule has 182 valence electrons. The van der Waals surface area contributed by atoms with Gasteiger partial charge in [-0.25, -0.2) is 8.42 Å². The summed E-state index contributed by atoms with van der Waals surface area (Å²) in [7, 11) is -4.40. The van der Waals surface area contributed by atoms with Crippen LogP contribution in [0.15, 0.2) is 0 Å². The van der Waals surface area contributed by atoms with E-state index in [4.69, 9.17) is 0 Å². The zero-order valence-corrected chi connectivity index (χ0v) is 20.3. The van der Waals surface area contributed by atoms with Crippen LogP contribution in [0.3, 0.4) is 0 Å². The first-order chi connectivity index (χ1) is 14.4. The molecule has 0 aliphatic heterocycles. The van der Waals surface area contributed by atoms with Crippen molar-refractivity contribution in [3.63, 3.8) is 0 Å². The third-order valence-electron chi connectivity index (χ3n) is 6.07. The van der Waals surface area contributed by atoms with E-state index in [0.717, 1.165) is 19.3 Å². The quantitative estimate of drug-likeness (QED) is 0.135. The van der Waals surface area contributed by atoms with Crippen molar-refractivity contribution >= 4 is 10.1 Å². The van der Waals surface area contributed by atoms with E-state index in [1.165, 1.54) is 83.5 Å². The molecule has 6 nitrogen and oxygen atoms in total. The van der Waals surface area contributed by atoms with Gasteiger partial charge in [0.05, 0.1) is 19.8 Å². The topological polar surface area (TPSA) is 97.7 Å². The molecule has 0 radical (unpaired) electrons. The van der Waals surface area contributed by atoms with Gasteiger partial charge in [0.2, 0.25) is 0 Å². The summed E-state index contributed by atoms with van der Waals surface area (Å²) < 4.78 is 33.7. The molecule has 0 heterocycles. The van der Waals surface area contributed by atoms with E-state index in [1.54, 1.807) is 0 Å². The summed E-state index contributed by atoms with van der Waals surface area (Å²) in [6.45, 7) is 2.79. The maximum Gasteiger partial charge on any atom is 0.169 e. The monoisotopic (exact) mass is 451 g/mol. The maximum atomic E-state index is 11.2. The van der Waals surface area contributed by atoms with Crippen molar-refractivity contribution in [1.29, 1.82) is 0 Å². The van der Waals surface area contributed by atoms with Gasteiger partial charge in [-0.3, -0.25) is 0 Å². The van der Waals surface area contributed by atoms with Crippen molar-refractivity contribution in [1.82, 2.24) is 0 Å². The van der Waals surface area contributed by atoms with Crippen LogP contribution in [0, 0.1) is 0 Å². The van der Waals surface area contributed by atoms with Gasteiger partial charge in [0.1, 0.15) is 23.2 Å². The van der Waals surface area contributed by atoms with Crippen LogP contribution in [-0.4, -0.2) is 66.4 Å². The van der Waals surface area contributed by atoms with Crippen molar-refractivity contribution in [2.24, 2.45) is 0 Å². The zero-order chi connectivity index (χ0) is 22.6. The van der Waals surface area contributed by atoms with Crippen LogP contribution in [0.4, 0.5) is 0 Å². The highest BCUT2D eigenvalue weighted by Gasteiger charge is 2.28. The van der Waals surface area contributed by atoms with Gasteiger partial charge in [0, 0.05) is 0 Å². The second kappa shape index (κ2) is 19.5. The van der Waals surface area contributed by atoms with E-state index in [-0.39, 0.29) is 30.8 Å². The minimum Gasteiger partial charge on any atom is -0.744 e. The molecule has 2 N–H and O–H groups in total. The molecule has 0 amide bonds. The summed E-state index contributed by atoms with van der Waals surface area (Å²) >= 11 is 0. The Kier molecular flexibility index (Phi) is 19.3. The summed E-state index contributed by atoms with van der Waals surface area (Å²) in [6, 6.07) is 0. The number of nitrogens with zero attached hydrogens (tertiary/aromatic N) is 1. The fourth-order valence-corrected chi connectivity index (χ4v) is 5.34. The Labute approximate surface area is 186 Å². The number of hydrogen-bond acceptors (Lipinski definition) is 5.